The zero-order valence-corrected chi connectivity index (χ0v) is 21.4. The van der Waals surface area contributed by atoms with E-state index in [4.69, 9.17) is 4.74 Å². The van der Waals surface area contributed by atoms with Crippen molar-refractivity contribution in [2.75, 3.05) is 45.9 Å². The van der Waals surface area contributed by atoms with Gasteiger partial charge in [0.1, 0.15) is 0 Å². The minimum Gasteiger partial charge on any atom is -0.378 e. The molecule has 3 fully saturated rings. The fourth-order valence-electron chi connectivity index (χ4n) is 6.69. The summed E-state index contributed by atoms with van der Waals surface area (Å²) in [6.07, 6.45) is 10.2. The van der Waals surface area contributed by atoms with Gasteiger partial charge in [-0.15, -0.1) is 0 Å². The molecule has 35 heavy (non-hydrogen) atoms. The number of hydrogen-bond acceptors (Lipinski definition) is 4. The molecule has 2 atom stereocenters. The van der Waals surface area contributed by atoms with Crippen molar-refractivity contribution in [3.63, 3.8) is 0 Å². The average Bonchev–Trinajstić information content (AvgIpc) is 3.16. The molecule has 0 bridgehead atoms. The molecule has 1 aliphatic carbocycles. The van der Waals surface area contributed by atoms with Crippen LogP contribution in [0.1, 0.15) is 64.3 Å². The second kappa shape index (κ2) is 11.3. The minimum absolute atomic E-state index is 0.0203. The van der Waals surface area contributed by atoms with Crippen molar-refractivity contribution < 1.29 is 9.53 Å². The fourth-order valence-corrected chi connectivity index (χ4v) is 6.69. The highest BCUT2D eigenvalue weighted by Crippen LogP contribution is 2.33. The number of imidazole rings is 1. The number of piperidine rings is 1. The summed E-state index contributed by atoms with van der Waals surface area (Å²) in [5, 5.41) is 0. The molecular weight excluding hydrogens is 440 g/mol. The highest BCUT2D eigenvalue weighted by molar-refractivity contribution is 5.81. The third-order valence-corrected chi connectivity index (χ3v) is 8.56. The lowest BCUT2D eigenvalue weighted by Gasteiger charge is -2.42. The van der Waals surface area contributed by atoms with Crippen molar-refractivity contribution in [1.29, 1.82) is 0 Å². The second-order valence-electron chi connectivity index (χ2n) is 10.8. The Bertz CT molecular complexity index is 1050. The molecule has 2 aromatic rings. The average molecular weight is 483 g/mol. The summed E-state index contributed by atoms with van der Waals surface area (Å²) in [6.45, 7) is 7.94. The highest BCUT2D eigenvalue weighted by atomic mass is 16.5. The number of fused-ring (bicyclic) bond motifs is 1. The van der Waals surface area contributed by atoms with Crippen LogP contribution in [0.15, 0.2) is 29.1 Å². The summed E-state index contributed by atoms with van der Waals surface area (Å²) in [6, 6.07) is 7.95. The Hall–Kier alpha value is -2.12. The molecule has 2 aliphatic heterocycles. The van der Waals surface area contributed by atoms with Crippen molar-refractivity contribution in [1.82, 2.24) is 18.9 Å². The maximum absolute atomic E-state index is 13.9. The molecule has 0 spiro atoms. The second-order valence-corrected chi connectivity index (χ2v) is 10.8. The van der Waals surface area contributed by atoms with Crippen LogP contribution in [0.25, 0.3) is 11.0 Å². The SMILES string of the molecule is CCn1c(=O)n([C@H]2CCN(CC3CCCCCCC3)C[C@@H]2C(=O)N2CCOCC2)c2ccccc21. The van der Waals surface area contributed by atoms with Gasteiger partial charge in [0.05, 0.1) is 36.2 Å². The Morgan fingerprint density at radius 1 is 0.943 bits per heavy atom. The number of aromatic nitrogens is 2. The van der Waals surface area contributed by atoms with E-state index in [9.17, 15) is 9.59 Å². The van der Waals surface area contributed by atoms with E-state index in [0.29, 0.717) is 32.8 Å². The number of nitrogens with zero attached hydrogens (tertiary/aromatic N) is 4. The summed E-state index contributed by atoms with van der Waals surface area (Å²) in [5.41, 5.74) is 1.94. The smallest absolute Gasteiger partial charge is 0.329 e. The van der Waals surface area contributed by atoms with Gasteiger partial charge in [-0.05, 0) is 44.2 Å². The van der Waals surface area contributed by atoms with Gasteiger partial charge < -0.3 is 14.5 Å². The molecule has 192 valence electrons. The molecule has 7 nitrogen and oxygen atoms in total. The van der Waals surface area contributed by atoms with Gasteiger partial charge in [0.2, 0.25) is 5.91 Å². The number of ether oxygens (including phenoxy) is 1. The topological polar surface area (TPSA) is 59.7 Å². The molecule has 1 saturated carbocycles. The van der Waals surface area contributed by atoms with E-state index in [-0.39, 0.29) is 23.6 Å². The van der Waals surface area contributed by atoms with Crippen molar-refractivity contribution in [2.24, 2.45) is 11.8 Å². The molecule has 0 unspecified atom stereocenters. The number of benzene rings is 1. The first kappa shape index (κ1) is 24.6. The lowest BCUT2D eigenvalue weighted by atomic mass is 9.87. The summed E-state index contributed by atoms with van der Waals surface area (Å²) in [7, 11) is 0. The van der Waals surface area contributed by atoms with E-state index in [0.717, 1.165) is 43.0 Å². The van der Waals surface area contributed by atoms with Gasteiger partial charge >= 0.3 is 5.69 Å². The zero-order valence-electron chi connectivity index (χ0n) is 21.4. The number of hydrogen-bond donors (Lipinski definition) is 0. The molecule has 1 aromatic carbocycles. The number of para-hydroxylation sites is 2. The number of morpholine rings is 1. The molecule has 3 heterocycles. The van der Waals surface area contributed by atoms with Crippen molar-refractivity contribution >= 4 is 16.9 Å². The molecule has 0 N–H and O–H groups in total. The number of carbonyl (C=O) groups excluding carboxylic acids is 1. The van der Waals surface area contributed by atoms with E-state index < -0.39 is 0 Å². The first-order valence-electron chi connectivity index (χ1n) is 14.0. The number of likely N-dealkylation sites (tertiary alicyclic amines) is 1. The predicted molar refractivity (Wildman–Crippen MR) is 139 cm³/mol. The van der Waals surface area contributed by atoms with Crippen molar-refractivity contribution in [3.05, 3.63) is 34.7 Å². The number of amides is 1. The lowest BCUT2D eigenvalue weighted by Crippen LogP contribution is -2.53. The highest BCUT2D eigenvalue weighted by Gasteiger charge is 2.40. The Kier molecular flexibility index (Phi) is 7.93. The molecule has 5 rings (SSSR count). The number of rotatable bonds is 5. The van der Waals surface area contributed by atoms with Gasteiger partial charge in [-0.25, -0.2) is 4.79 Å². The molecule has 1 aromatic heterocycles. The van der Waals surface area contributed by atoms with Gasteiger partial charge in [0.25, 0.3) is 0 Å². The predicted octanol–water partition coefficient (Wildman–Crippen LogP) is 3.91. The van der Waals surface area contributed by atoms with Crippen LogP contribution in [-0.2, 0) is 16.1 Å². The molecule has 0 radical (unpaired) electrons. The Morgan fingerprint density at radius 3 is 2.34 bits per heavy atom. The Morgan fingerprint density at radius 2 is 1.63 bits per heavy atom. The van der Waals surface area contributed by atoms with Gasteiger partial charge in [0.15, 0.2) is 0 Å². The maximum Gasteiger partial charge on any atom is 0.329 e. The Balaban J connectivity index is 1.43. The standard InChI is InChI=1S/C28H42N4O3/c1-2-31-25-12-8-9-13-26(25)32(28(31)34)24-14-15-29(20-22-10-6-4-3-5-7-11-22)21-23(24)27(33)30-16-18-35-19-17-30/h8-9,12-13,22-24H,2-7,10-11,14-21H2,1H3/t23-,24-/m0/s1. The number of carbonyl (C=O) groups is 1. The largest absolute Gasteiger partial charge is 0.378 e. The summed E-state index contributed by atoms with van der Waals surface area (Å²) < 4.78 is 9.33. The van der Waals surface area contributed by atoms with Crippen molar-refractivity contribution in [3.8, 4) is 0 Å². The molecular formula is C28H42N4O3. The minimum atomic E-state index is -0.204. The van der Waals surface area contributed by atoms with Crippen LogP contribution in [0.4, 0.5) is 0 Å². The summed E-state index contributed by atoms with van der Waals surface area (Å²) in [4.78, 5) is 32.0. The van der Waals surface area contributed by atoms with Crippen LogP contribution in [0, 0.1) is 11.8 Å². The monoisotopic (exact) mass is 482 g/mol. The summed E-state index contributed by atoms with van der Waals surface area (Å²) >= 11 is 0. The van der Waals surface area contributed by atoms with Crippen LogP contribution >= 0.6 is 0 Å². The van der Waals surface area contributed by atoms with Crippen LogP contribution in [-0.4, -0.2) is 70.8 Å². The third kappa shape index (κ3) is 5.21. The normalized spacial score (nSPS) is 25.5. The first-order valence-corrected chi connectivity index (χ1v) is 14.0. The molecule has 7 heteroatoms. The van der Waals surface area contributed by atoms with Crippen LogP contribution < -0.4 is 5.69 Å². The maximum atomic E-state index is 13.9. The van der Waals surface area contributed by atoms with Crippen molar-refractivity contribution in [2.45, 2.75) is 70.9 Å². The quantitative estimate of drug-likeness (QED) is 0.649. The Labute approximate surface area is 209 Å². The van der Waals surface area contributed by atoms with Gasteiger partial charge in [0, 0.05) is 39.3 Å². The van der Waals surface area contributed by atoms with E-state index >= 15 is 0 Å². The molecule has 1 amide bonds. The zero-order chi connectivity index (χ0) is 24.2. The van der Waals surface area contributed by atoms with Crippen LogP contribution in [0.2, 0.25) is 0 Å². The fraction of sp³-hybridized carbons (Fsp3) is 0.714. The summed E-state index contributed by atoms with van der Waals surface area (Å²) in [5.74, 6) is 0.723. The van der Waals surface area contributed by atoms with Crippen LogP contribution in [0.5, 0.6) is 0 Å². The number of aryl methyl sites for hydroxylation is 1. The van der Waals surface area contributed by atoms with Gasteiger partial charge in [-0.3, -0.25) is 13.9 Å². The van der Waals surface area contributed by atoms with E-state index in [1.54, 1.807) is 0 Å². The van der Waals surface area contributed by atoms with E-state index in [1.165, 1.54) is 44.9 Å². The first-order chi connectivity index (χ1) is 17.2. The van der Waals surface area contributed by atoms with Gasteiger partial charge in [-0.2, -0.15) is 0 Å². The van der Waals surface area contributed by atoms with E-state index in [1.807, 2.05) is 45.2 Å². The van der Waals surface area contributed by atoms with E-state index in [2.05, 4.69) is 4.90 Å². The molecule has 2 saturated heterocycles. The molecule has 3 aliphatic rings. The third-order valence-electron chi connectivity index (χ3n) is 8.56. The van der Waals surface area contributed by atoms with Gasteiger partial charge in [-0.1, -0.05) is 44.2 Å². The lowest BCUT2D eigenvalue weighted by molar-refractivity contribution is -0.143. The van der Waals surface area contributed by atoms with Crippen LogP contribution in [0.3, 0.4) is 0 Å².